The van der Waals surface area contributed by atoms with E-state index >= 15 is 0 Å². The Morgan fingerprint density at radius 1 is 0.880 bits per heavy atom. The molecule has 6 heteroatoms. The molecule has 0 spiro atoms. The maximum atomic E-state index is 12.9. The molecule has 1 fully saturated rings. The number of nitrogens with zero attached hydrogens (tertiary/aromatic N) is 2. The van der Waals surface area contributed by atoms with Crippen LogP contribution < -0.4 is 0 Å². The first kappa shape index (κ1) is 16.3. The fraction of sp³-hybridized carbons (Fsp3) is 0.263. The average Bonchev–Trinajstić information content (AvgIpc) is 3.08. The van der Waals surface area contributed by atoms with Crippen LogP contribution in [0.15, 0.2) is 65.7 Å². The number of rotatable bonds is 4. The average molecular weight is 355 g/mol. The number of aromatic nitrogens is 1. The van der Waals surface area contributed by atoms with Gasteiger partial charge >= 0.3 is 0 Å². The first-order valence-corrected chi connectivity index (χ1v) is 9.91. The van der Waals surface area contributed by atoms with Gasteiger partial charge in [-0.15, -0.1) is 0 Å². The number of nitrogens with one attached hydrogen (secondary N) is 1. The fourth-order valence-corrected chi connectivity index (χ4v) is 4.73. The standard InChI is InChI=1S/C19H21N3O2S/c23-25(24,19-14-17-8-4-5-9-18(17)20-19)22-12-10-21(11-13-22)15-16-6-2-1-3-7-16/h1-9,14,20H,10-13,15H2. The van der Waals surface area contributed by atoms with Crippen molar-refractivity contribution >= 4 is 20.9 Å². The molecule has 0 saturated carbocycles. The molecule has 4 rings (SSSR count). The summed E-state index contributed by atoms with van der Waals surface area (Å²) in [5, 5.41) is 1.20. The molecule has 0 amide bonds. The van der Waals surface area contributed by atoms with Crippen molar-refractivity contribution in [3.8, 4) is 0 Å². The fourth-order valence-electron chi connectivity index (χ4n) is 3.29. The Labute approximate surface area is 147 Å². The van der Waals surface area contributed by atoms with E-state index in [0.717, 1.165) is 30.5 Å². The third-order valence-corrected chi connectivity index (χ3v) is 6.52. The summed E-state index contributed by atoms with van der Waals surface area (Å²) in [7, 11) is -3.47. The topological polar surface area (TPSA) is 56.4 Å². The summed E-state index contributed by atoms with van der Waals surface area (Å²) in [6, 6.07) is 19.6. The summed E-state index contributed by atoms with van der Waals surface area (Å²) < 4.78 is 27.4. The minimum Gasteiger partial charge on any atom is -0.345 e. The Morgan fingerprint density at radius 2 is 1.56 bits per heavy atom. The van der Waals surface area contributed by atoms with Crippen LogP contribution in [0.2, 0.25) is 0 Å². The molecule has 0 unspecified atom stereocenters. The lowest BCUT2D eigenvalue weighted by atomic mass is 10.2. The molecule has 1 aromatic heterocycles. The van der Waals surface area contributed by atoms with Gasteiger partial charge in [-0.2, -0.15) is 4.31 Å². The molecule has 1 aliphatic heterocycles. The van der Waals surface area contributed by atoms with Crippen molar-refractivity contribution in [3.05, 3.63) is 66.2 Å². The molecule has 1 saturated heterocycles. The normalized spacial score (nSPS) is 17.1. The van der Waals surface area contributed by atoms with E-state index in [1.54, 1.807) is 10.4 Å². The van der Waals surface area contributed by atoms with Gasteiger partial charge in [-0.3, -0.25) is 4.90 Å². The van der Waals surface area contributed by atoms with Gasteiger partial charge in [0.25, 0.3) is 10.0 Å². The smallest absolute Gasteiger partial charge is 0.258 e. The van der Waals surface area contributed by atoms with Crippen molar-refractivity contribution in [3.63, 3.8) is 0 Å². The first-order valence-electron chi connectivity index (χ1n) is 8.47. The van der Waals surface area contributed by atoms with Crippen LogP contribution in [0.4, 0.5) is 0 Å². The van der Waals surface area contributed by atoms with Gasteiger partial charge in [0.2, 0.25) is 0 Å². The number of piperazine rings is 1. The number of aromatic amines is 1. The predicted molar refractivity (Wildman–Crippen MR) is 98.8 cm³/mol. The summed E-state index contributed by atoms with van der Waals surface area (Å²) in [5.41, 5.74) is 2.11. The molecule has 2 heterocycles. The SMILES string of the molecule is O=S(=O)(c1cc2ccccc2[nH]1)N1CCN(Cc2ccccc2)CC1. The van der Waals surface area contributed by atoms with Gasteiger partial charge in [0.1, 0.15) is 5.03 Å². The van der Waals surface area contributed by atoms with E-state index in [1.165, 1.54) is 5.56 Å². The number of para-hydroxylation sites is 1. The second-order valence-corrected chi connectivity index (χ2v) is 8.29. The highest BCUT2D eigenvalue weighted by molar-refractivity contribution is 7.89. The number of fused-ring (bicyclic) bond motifs is 1. The van der Waals surface area contributed by atoms with Crippen molar-refractivity contribution in [1.29, 1.82) is 0 Å². The quantitative estimate of drug-likeness (QED) is 0.783. The van der Waals surface area contributed by atoms with E-state index in [1.807, 2.05) is 42.5 Å². The summed E-state index contributed by atoms with van der Waals surface area (Å²) in [4.78, 5) is 5.34. The molecule has 1 N–H and O–H groups in total. The van der Waals surface area contributed by atoms with Gasteiger partial charge in [0.15, 0.2) is 0 Å². The molecule has 0 aliphatic carbocycles. The van der Waals surface area contributed by atoms with E-state index in [2.05, 4.69) is 22.0 Å². The highest BCUT2D eigenvalue weighted by Crippen LogP contribution is 2.22. The van der Waals surface area contributed by atoms with E-state index in [-0.39, 0.29) is 5.03 Å². The van der Waals surface area contributed by atoms with Crippen LogP contribution in [-0.2, 0) is 16.6 Å². The molecule has 3 aromatic rings. The lowest BCUT2D eigenvalue weighted by Crippen LogP contribution is -2.48. The van der Waals surface area contributed by atoms with Crippen LogP contribution >= 0.6 is 0 Å². The van der Waals surface area contributed by atoms with Crippen LogP contribution in [0.1, 0.15) is 5.56 Å². The van der Waals surface area contributed by atoms with Crippen molar-refractivity contribution in [2.75, 3.05) is 26.2 Å². The summed E-state index contributed by atoms with van der Waals surface area (Å²) in [6.45, 7) is 3.39. The second-order valence-electron chi connectivity index (χ2n) is 6.39. The molecular formula is C19H21N3O2S. The Balaban J connectivity index is 1.46. The summed E-state index contributed by atoms with van der Waals surface area (Å²) in [5.74, 6) is 0. The van der Waals surface area contributed by atoms with Gasteiger partial charge in [-0.25, -0.2) is 8.42 Å². The summed E-state index contributed by atoms with van der Waals surface area (Å²) in [6.07, 6.45) is 0. The Hall–Kier alpha value is -2.15. The number of H-pyrrole nitrogens is 1. The highest BCUT2D eigenvalue weighted by atomic mass is 32.2. The maximum absolute atomic E-state index is 12.9. The molecule has 0 bridgehead atoms. The lowest BCUT2D eigenvalue weighted by Gasteiger charge is -2.33. The Morgan fingerprint density at radius 3 is 2.28 bits per heavy atom. The van der Waals surface area contributed by atoms with Gasteiger partial charge in [-0.05, 0) is 17.7 Å². The van der Waals surface area contributed by atoms with Gasteiger partial charge in [0.05, 0.1) is 0 Å². The maximum Gasteiger partial charge on any atom is 0.258 e. The van der Waals surface area contributed by atoms with E-state index < -0.39 is 10.0 Å². The van der Waals surface area contributed by atoms with Crippen molar-refractivity contribution in [1.82, 2.24) is 14.2 Å². The molecule has 130 valence electrons. The first-order chi connectivity index (χ1) is 12.1. The van der Waals surface area contributed by atoms with Gasteiger partial charge < -0.3 is 4.98 Å². The molecule has 25 heavy (non-hydrogen) atoms. The predicted octanol–water partition coefficient (Wildman–Crippen LogP) is 2.67. The molecule has 0 radical (unpaired) electrons. The Kier molecular flexibility index (Phi) is 4.33. The third-order valence-electron chi connectivity index (χ3n) is 4.70. The molecule has 1 aliphatic rings. The molecular weight excluding hydrogens is 334 g/mol. The minimum absolute atomic E-state index is 0.283. The third kappa shape index (κ3) is 3.33. The van der Waals surface area contributed by atoms with Crippen molar-refractivity contribution in [2.24, 2.45) is 0 Å². The highest BCUT2D eigenvalue weighted by Gasteiger charge is 2.29. The van der Waals surface area contributed by atoms with Crippen LogP contribution in [-0.4, -0.2) is 48.8 Å². The number of hydrogen-bond donors (Lipinski definition) is 1. The monoisotopic (exact) mass is 355 g/mol. The van der Waals surface area contributed by atoms with Crippen LogP contribution in [0.25, 0.3) is 10.9 Å². The molecule has 2 aromatic carbocycles. The van der Waals surface area contributed by atoms with E-state index in [4.69, 9.17) is 0 Å². The van der Waals surface area contributed by atoms with E-state index in [9.17, 15) is 8.42 Å². The zero-order valence-corrected chi connectivity index (χ0v) is 14.7. The molecule has 0 atom stereocenters. The lowest BCUT2D eigenvalue weighted by molar-refractivity contribution is 0.181. The van der Waals surface area contributed by atoms with E-state index in [0.29, 0.717) is 13.1 Å². The molecule has 5 nitrogen and oxygen atoms in total. The van der Waals surface area contributed by atoms with Crippen molar-refractivity contribution < 1.29 is 8.42 Å². The summed E-state index contributed by atoms with van der Waals surface area (Å²) >= 11 is 0. The largest absolute Gasteiger partial charge is 0.345 e. The zero-order chi connectivity index (χ0) is 17.3. The van der Waals surface area contributed by atoms with Crippen LogP contribution in [0.3, 0.4) is 0 Å². The minimum atomic E-state index is -3.47. The Bertz CT molecular complexity index is 926. The number of sulfonamides is 1. The zero-order valence-electron chi connectivity index (χ0n) is 13.9. The van der Waals surface area contributed by atoms with Crippen LogP contribution in [0, 0.1) is 0 Å². The number of hydrogen-bond acceptors (Lipinski definition) is 3. The van der Waals surface area contributed by atoms with Crippen LogP contribution in [0.5, 0.6) is 0 Å². The van der Waals surface area contributed by atoms with Gasteiger partial charge in [-0.1, -0.05) is 48.5 Å². The number of benzene rings is 2. The van der Waals surface area contributed by atoms with Gasteiger partial charge in [0, 0.05) is 43.6 Å². The second kappa shape index (κ2) is 6.63. The van der Waals surface area contributed by atoms with Crippen molar-refractivity contribution in [2.45, 2.75) is 11.6 Å².